The van der Waals surface area contributed by atoms with Crippen LogP contribution in [0.15, 0.2) is 163 Å². The van der Waals surface area contributed by atoms with Crippen molar-refractivity contribution in [2.24, 2.45) is 5.92 Å². The van der Waals surface area contributed by atoms with Crippen molar-refractivity contribution in [2.75, 3.05) is 9.80 Å². The number of benzene rings is 4. The maximum Gasteiger partial charge on any atom is 0.0629 e. The van der Waals surface area contributed by atoms with Crippen LogP contribution in [-0.4, -0.2) is 12.1 Å². The summed E-state index contributed by atoms with van der Waals surface area (Å²) in [5, 5.41) is 0. The summed E-state index contributed by atoms with van der Waals surface area (Å²) in [4.78, 5) is 5.17. The maximum absolute atomic E-state index is 2.62. The first kappa shape index (κ1) is 25.7. The van der Waals surface area contributed by atoms with E-state index in [1.54, 1.807) is 0 Å². The lowest BCUT2D eigenvalue weighted by Crippen LogP contribution is -2.30. The smallest absolute Gasteiger partial charge is 0.0629 e. The van der Waals surface area contributed by atoms with Crippen LogP contribution in [0.1, 0.15) is 42.2 Å². The standard InChI is InChI=1S/C42H36N2/c1-3-11-29(12-4-1)30-19-23-34(24-20-30)44-40-18-10-8-16-36(40)38-28-32(22-26-42(38)44)31-21-25-41-37(27-31)35-15-7-9-17-39(35)43(41)33-13-5-2-6-14-33/h1-9,11-17,19-20,22-28,31,35-36,39-40H,10,18,21H2. The zero-order valence-electron chi connectivity index (χ0n) is 24.8. The highest BCUT2D eigenvalue weighted by molar-refractivity contribution is 5.77. The number of para-hydroxylation sites is 1. The number of rotatable bonds is 4. The molecule has 0 saturated carbocycles. The Bertz CT molecular complexity index is 1860. The van der Waals surface area contributed by atoms with E-state index in [1.807, 2.05) is 0 Å². The molecule has 1 fully saturated rings. The number of hydrogen-bond acceptors (Lipinski definition) is 2. The zero-order chi connectivity index (χ0) is 29.0. The van der Waals surface area contributed by atoms with Gasteiger partial charge in [0, 0.05) is 46.6 Å². The molecule has 0 spiro atoms. The minimum atomic E-state index is 0.341. The van der Waals surface area contributed by atoms with Crippen LogP contribution in [0.2, 0.25) is 0 Å². The Morgan fingerprint density at radius 3 is 2.23 bits per heavy atom. The third-order valence-electron chi connectivity index (χ3n) is 10.4. The first-order valence-corrected chi connectivity index (χ1v) is 16.2. The number of hydrogen-bond donors (Lipinski definition) is 0. The fourth-order valence-corrected chi connectivity index (χ4v) is 8.33. The number of allylic oxidation sites excluding steroid dienone is 6. The molecular formula is C42H36N2. The monoisotopic (exact) mass is 568 g/mol. The molecule has 0 N–H and O–H groups in total. The molecule has 0 aromatic heterocycles. The van der Waals surface area contributed by atoms with E-state index in [9.17, 15) is 0 Å². The van der Waals surface area contributed by atoms with Gasteiger partial charge in [0.2, 0.25) is 0 Å². The third kappa shape index (κ3) is 4.08. The average molecular weight is 569 g/mol. The minimum Gasteiger partial charge on any atom is -0.337 e. The van der Waals surface area contributed by atoms with E-state index in [4.69, 9.17) is 0 Å². The van der Waals surface area contributed by atoms with E-state index < -0.39 is 0 Å². The summed E-state index contributed by atoms with van der Waals surface area (Å²) in [5.41, 5.74) is 12.3. The highest BCUT2D eigenvalue weighted by Crippen LogP contribution is 2.52. The summed E-state index contributed by atoms with van der Waals surface area (Å²) in [6.45, 7) is 0. The number of anilines is 3. The first-order chi connectivity index (χ1) is 21.8. The zero-order valence-corrected chi connectivity index (χ0v) is 24.8. The Morgan fingerprint density at radius 1 is 0.636 bits per heavy atom. The largest absolute Gasteiger partial charge is 0.337 e. The van der Waals surface area contributed by atoms with Gasteiger partial charge in [-0.1, -0.05) is 121 Å². The Kier molecular flexibility index (Phi) is 6.07. The van der Waals surface area contributed by atoms with Crippen molar-refractivity contribution in [1.29, 1.82) is 0 Å². The lowest BCUT2D eigenvalue weighted by molar-refractivity contribution is 0.565. The van der Waals surface area contributed by atoms with Crippen molar-refractivity contribution in [3.8, 4) is 11.1 Å². The molecule has 2 aliphatic heterocycles. The van der Waals surface area contributed by atoms with Gasteiger partial charge in [0.15, 0.2) is 0 Å². The highest BCUT2D eigenvalue weighted by Gasteiger charge is 2.42. The van der Waals surface area contributed by atoms with Gasteiger partial charge in [-0.2, -0.15) is 0 Å². The second-order valence-corrected chi connectivity index (χ2v) is 12.7. The van der Waals surface area contributed by atoms with E-state index in [1.165, 1.54) is 57.0 Å². The third-order valence-corrected chi connectivity index (χ3v) is 10.4. The maximum atomic E-state index is 2.62. The second kappa shape index (κ2) is 10.4. The molecular weight excluding hydrogens is 532 g/mol. The van der Waals surface area contributed by atoms with Crippen LogP contribution < -0.4 is 9.80 Å². The van der Waals surface area contributed by atoms with Crippen LogP contribution in [0, 0.1) is 5.92 Å². The molecule has 2 heteroatoms. The highest BCUT2D eigenvalue weighted by atomic mass is 15.2. The summed E-state index contributed by atoms with van der Waals surface area (Å²) < 4.78 is 0. The van der Waals surface area contributed by atoms with Crippen LogP contribution in [0.5, 0.6) is 0 Å². The lowest BCUT2D eigenvalue weighted by Gasteiger charge is -2.31. The molecule has 214 valence electrons. The molecule has 1 saturated heterocycles. The molecule has 5 aliphatic rings. The molecule has 4 aromatic carbocycles. The molecule has 0 amide bonds. The van der Waals surface area contributed by atoms with Crippen molar-refractivity contribution in [1.82, 2.24) is 0 Å². The molecule has 4 aromatic rings. The van der Waals surface area contributed by atoms with E-state index in [0.29, 0.717) is 29.8 Å². The SMILES string of the molecule is C1=CC2C3=CC(c4ccc5c(c4)C4C=CCCC4N5c4ccc(-c5ccccc5)cc4)CC=C3N(c3ccccc3)C2C=C1. The van der Waals surface area contributed by atoms with Gasteiger partial charge in [0.05, 0.1) is 6.04 Å². The summed E-state index contributed by atoms with van der Waals surface area (Å²) in [6, 6.07) is 39.0. The topological polar surface area (TPSA) is 6.48 Å². The van der Waals surface area contributed by atoms with Gasteiger partial charge in [0.25, 0.3) is 0 Å². The van der Waals surface area contributed by atoms with E-state index in [2.05, 4.69) is 162 Å². The Morgan fingerprint density at radius 2 is 1.39 bits per heavy atom. The van der Waals surface area contributed by atoms with Gasteiger partial charge in [-0.05, 0) is 77.4 Å². The summed E-state index contributed by atoms with van der Waals surface area (Å²) in [5.74, 6) is 1.22. The van der Waals surface area contributed by atoms with Crippen molar-refractivity contribution >= 4 is 17.1 Å². The molecule has 5 unspecified atom stereocenters. The predicted octanol–water partition coefficient (Wildman–Crippen LogP) is 10.2. The Hall–Kier alpha value is -4.82. The van der Waals surface area contributed by atoms with Gasteiger partial charge in [-0.25, -0.2) is 0 Å². The summed E-state index contributed by atoms with van der Waals surface area (Å²) in [7, 11) is 0. The number of fused-ring (bicyclic) bond motifs is 6. The van der Waals surface area contributed by atoms with Gasteiger partial charge in [-0.15, -0.1) is 0 Å². The van der Waals surface area contributed by atoms with Crippen LogP contribution in [-0.2, 0) is 0 Å². The Balaban J connectivity index is 1.06. The lowest BCUT2D eigenvalue weighted by atomic mass is 9.81. The van der Waals surface area contributed by atoms with E-state index in [0.717, 1.165) is 12.8 Å². The fraction of sp³-hybridized carbons (Fsp3) is 0.190. The predicted molar refractivity (Wildman–Crippen MR) is 183 cm³/mol. The van der Waals surface area contributed by atoms with Crippen LogP contribution in [0.4, 0.5) is 17.1 Å². The average Bonchev–Trinajstić information content (AvgIpc) is 3.61. The quantitative estimate of drug-likeness (QED) is 0.226. The second-order valence-electron chi connectivity index (χ2n) is 12.7. The molecule has 5 atom stereocenters. The minimum absolute atomic E-state index is 0.341. The molecule has 0 radical (unpaired) electrons. The first-order valence-electron chi connectivity index (χ1n) is 16.2. The molecule has 3 aliphatic carbocycles. The van der Waals surface area contributed by atoms with Crippen LogP contribution in [0.3, 0.4) is 0 Å². The van der Waals surface area contributed by atoms with Gasteiger partial charge < -0.3 is 9.80 Å². The molecule has 9 rings (SSSR count). The van der Waals surface area contributed by atoms with Crippen molar-refractivity contribution in [3.63, 3.8) is 0 Å². The molecule has 44 heavy (non-hydrogen) atoms. The molecule has 2 nitrogen and oxygen atoms in total. The summed E-state index contributed by atoms with van der Waals surface area (Å²) in [6.07, 6.45) is 22.5. The molecule has 0 bridgehead atoms. The summed E-state index contributed by atoms with van der Waals surface area (Å²) >= 11 is 0. The van der Waals surface area contributed by atoms with Gasteiger partial charge in [0.1, 0.15) is 0 Å². The Labute approximate surface area is 260 Å². The van der Waals surface area contributed by atoms with Crippen LogP contribution in [0.25, 0.3) is 11.1 Å². The van der Waals surface area contributed by atoms with Gasteiger partial charge >= 0.3 is 0 Å². The van der Waals surface area contributed by atoms with Crippen molar-refractivity contribution < 1.29 is 0 Å². The van der Waals surface area contributed by atoms with Crippen molar-refractivity contribution in [2.45, 2.75) is 43.2 Å². The molecule has 2 heterocycles. The van der Waals surface area contributed by atoms with E-state index >= 15 is 0 Å². The fourth-order valence-electron chi connectivity index (χ4n) is 8.33. The van der Waals surface area contributed by atoms with Crippen molar-refractivity contribution in [3.05, 3.63) is 174 Å². The number of nitrogens with zero attached hydrogens (tertiary/aromatic N) is 2. The van der Waals surface area contributed by atoms with E-state index in [-0.39, 0.29) is 0 Å². The normalized spacial score (nSPS) is 26.0. The van der Waals surface area contributed by atoms with Crippen LogP contribution >= 0.6 is 0 Å². The van der Waals surface area contributed by atoms with Gasteiger partial charge in [-0.3, -0.25) is 0 Å².